The van der Waals surface area contributed by atoms with Gasteiger partial charge in [0.15, 0.2) is 0 Å². The van der Waals surface area contributed by atoms with Crippen molar-refractivity contribution in [3.05, 3.63) is 65.7 Å². The second-order valence-electron chi connectivity index (χ2n) is 7.41. The van der Waals surface area contributed by atoms with Crippen molar-refractivity contribution in [1.82, 2.24) is 5.32 Å². The van der Waals surface area contributed by atoms with Crippen molar-refractivity contribution in [1.29, 1.82) is 0 Å². The molecule has 0 spiro atoms. The van der Waals surface area contributed by atoms with Crippen molar-refractivity contribution in [3.8, 4) is 0 Å². The van der Waals surface area contributed by atoms with Gasteiger partial charge in [0.05, 0.1) is 24.6 Å². The van der Waals surface area contributed by atoms with Crippen LogP contribution in [-0.4, -0.2) is 24.9 Å². The number of nitrogens with one attached hydrogen (secondary N) is 1. The molecule has 0 aromatic heterocycles. The average molecular weight is 419 g/mol. The van der Waals surface area contributed by atoms with Crippen LogP contribution in [0, 0.1) is 0 Å². The summed E-state index contributed by atoms with van der Waals surface area (Å²) in [6.45, 7) is 9.57. The van der Waals surface area contributed by atoms with Gasteiger partial charge in [0, 0.05) is 0 Å². The van der Waals surface area contributed by atoms with Gasteiger partial charge in [-0.25, -0.2) is 4.79 Å². The van der Waals surface area contributed by atoms with E-state index in [1.807, 2.05) is 63.2 Å². The molecule has 0 saturated heterocycles. The predicted molar refractivity (Wildman–Crippen MR) is 115 cm³/mol. The minimum absolute atomic E-state index is 0.284. The minimum atomic E-state index is -3.36. The zero-order chi connectivity index (χ0) is 21.5. The Morgan fingerprint density at radius 2 is 1.45 bits per heavy atom. The van der Waals surface area contributed by atoms with Crippen LogP contribution in [0.2, 0.25) is 0 Å². The second-order valence-corrected chi connectivity index (χ2v) is 9.44. The SMILES string of the molecule is CCOP(=O)(OCC)c1ccc(C(NC(=O)OC(C)(C)C)c2ccccc2)cc1. The fraction of sp³-hybridized carbons (Fsp3) is 0.409. The van der Waals surface area contributed by atoms with Gasteiger partial charge in [0.25, 0.3) is 0 Å². The molecule has 29 heavy (non-hydrogen) atoms. The van der Waals surface area contributed by atoms with E-state index in [0.717, 1.165) is 11.1 Å². The van der Waals surface area contributed by atoms with Gasteiger partial charge in [-0.3, -0.25) is 4.57 Å². The van der Waals surface area contributed by atoms with Gasteiger partial charge in [0.1, 0.15) is 5.60 Å². The van der Waals surface area contributed by atoms with Crippen LogP contribution in [0.15, 0.2) is 54.6 Å². The highest BCUT2D eigenvalue weighted by molar-refractivity contribution is 7.62. The predicted octanol–water partition coefficient (Wildman–Crippen LogP) is 5.19. The molecule has 6 nitrogen and oxygen atoms in total. The standard InChI is InChI=1S/C22H30NO5P/c1-6-26-29(25,27-7-2)19-15-13-18(14-16-19)20(17-11-9-8-10-12-17)23-21(24)28-22(3,4)5/h8-16,20H,6-7H2,1-5H3,(H,23,24). The molecule has 1 amide bonds. The highest BCUT2D eigenvalue weighted by atomic mass is 31.2. The molecule has 0 saturated carbocycles. The van der Waals surface area contributed by atoms with Gasteiger partial charge in [-0.15, -0.1) is 0 Å². The van der Waals surface area contributed by atoms with Crippen molar-refractivity contribution < 1.29 is 23.1 Å². The van der Waals surface area contributed by atoms with Crippen molar-refractivity contribution in [2.45, 2.75) is 46.3 Å². The van der Waals surface area contributed by atoms with Crippen LogP contribution in [0.4, 0.5) is 4.79 Å². The van der Waals surface area contributed by atoms with Crippen molar-refractivity contribution in [3.63, 3.8) is 0 Å². The van der Waals surface area contributed by atoms with Crippen molar-refractivity contribution >= 4 is 19.0 Å². The molecule has 2 aromatic rings. The molecule has 1 unspecified atom stereocenters. The lowest BCUT2D eigenvalue weighted by Gasteiger charge is -2.24. The summed E-state index contributed by atoms with van der Waals surface area (Å²) in [4.78, 5) is 12.4. The lowest BCUT2D eigenvalue weighted by atomic mass is 9.99. The summed E-state index contributed by atoms with van der Waals surface area (Å²) in [5.41, 5.74) is 1.13. The summed E-state index contributed by atoms with van der Waals surface area (Å²) < 4.78 is 29.2. The first-order valence-electron chi connectivity index (χ1n) is 9.72. The van der Waals surface area contributed by atoms with Gasteiger partial charge in [0.2, 0.25) is 0 Å². The zero-order valence-corrected chi connectivity index (χ0v) is 18.6. The number of rotatable bonds is 8. The molecule has 0 heterocycles. The molecule has 1 N–H and O–H groups in total. The molecule has 0 aliphatic heterocycles. The van der Waals surface area contributed by atoms with Crippen LogP contribution >= 0.6 is 7.60 Å². The molecular formula is C22H30NO5P. The Bertz CT molecular complexity index is 821. The number of hydrogen-bond acceptors (Lipinski definition) is 5. The van der Waals surface area contributed by atoms with E-state index in [1.54, 1.807) is 26.0 Å². The molecule has 1 atom stereocenters. The number of ether oxygens (including phenoxy) is 1. The quantitative estimate of drug-likeness (QED) is 0.596. The number of benzene rings is 2. The fourth-order valence-corrected chi connectivity index (χ4v) is 4.37. The van der Waals surface area contributed by atoms with E-state index in [-0.39, 0.29) is 13.2 Å². The summed E-state index contributed by atoms with van der Waals surface area (Å²) in [7, 11) is -3.36. The Kier molecular flexibility index (Phi) is 8.03. The Morgan fingerprint density at radius 1 is 0.931 bits per heavy atom. The molecule has 158 valence electrons. The first-order valence-corrected chi connectivity index (χ1v) is 11.3. The van der Waals surface area contributed by atoms with E-state index in [4.69, 9.17) is 13.8 Å². The largest absolute Gasteiger partial charge is 0.444 e. The maximum atomic E-state index is 13.0. The number of carbonyl (C=O) groups excluding carboxylic acids is 1. The van der Waals surface area contributed by atoms with E-state index < -0.39 is 25.3 Å². The highest BCUT2D eigenvalue weighted by Gasteiger charge is 2.27. The molecule has 0 bridgehead atoms. The van der Waals surface area contributed by atoms with Gasteiger partial charge < -0.3 is 19.1 Å². The van der Waals surface area contributed by atoms with Crippen molar-refractivity contribution in [2.24, 2.45) is 0 Å². The van der Waals surface area contributed by atoms with E-state index >= 15 is 0 Å². The van der Waals surface area contributed by atoms with E-state index in [2.05, 4.69) is 5.32 Å². The monoisotopic (exact) mass is 419 g/mol. The van der Waals surface area contributed by atoms with Crippen LogP contribution in [0.5, 0.6) is 0 Å². The third-order valence-corrected chi connectivity index (χ3v) is 6.06. The third-order valence-electron chi connectivity index (χ3n) is 3.93. The smallest absolute Gasteiger partial charge is 0.408 e. The Morgan fingerprint density at radius 3 is 1.93 bits per heavy atom. The topological polar surface area (TPSA) is 73.9 Å². The number of carbonyl (C=O) groups is 1. The summed E-state index contributed by atoms with van der Waals surface area (Å²) in [6, 6.07) is 16.2. The lowest BCUT2D eigenvalue weighted by molar-refractivity contribution is 0.0512. The minimum Gasteiger partial charge on any atom is -0.444 e. The van der Waals surface area contributed by atoms with Gasteiger partial charge in [-0.05, 0) is 57.9 Å². The molecule has 0 aliphatic carbocycles. The molecule has 2 aromatic carbocycles. The normalized spacial score (nSPS) is 13.0. The third kappa shape index (κ3) is 6.70. The van der Waals surface area contributed by atoms with E-state index in [9.17, 15) is 9.36 Å². The summed E-state index contributed by atoms with van der Waals surface area (Å²) in [6.07, 6.45) is -0.510. The Labute approximate surface area is 173 Å². The Balaban J connectivity index is 2.34. The molecule has 2 rings (SSSR count). The molecule has 0 radical (unpaired) electrons. The number of alkyl carbamates (subject to hydrolysis) is 1. The van der Waals surface area contributed by atoms with Crippen LogP contribution in [0.3, 0.4) is 0 Å². The zero-order valence-electron chi connectivity index (χ0n) is 17.7. The van der Waals surface area contributed by atoms with Crippen LogP contribution < -0.4 is 10.6 Å². The summed E-state index contributed by atoms with van der Waals surface area (Å²) >= 11 is 0. The average Bonchev–Trinajstić information content (AvgIpc) is 2.66. The lowest BCUT2D eigenvalue weighted by Crippen LogP contribution is -2.35. The van der Waals surface area contributed by atoms with E-state index in [1.165, 1.54) is 0 Å². The summed E-state index contributed by atoms with van der Waals surface area (Å²) in [5, 5.41) is 3.40. The maximum absolute atomic E-state index is 13.0. The molecule has 7 heteroatoms. The molecular weight excluding hydrogens is 389 g/mol. The van der Waals surface area contributed by atoms with Gasteiger partial charge in [-0.1, -0.05) is 42.5 Å². The Hall–Kier alpha value is -2.14. The van der Waals surface area contributed by atoms with Crippen LogP contribution in [-0.2, 0) is 18.3 Å². The molecule has 0 fully saturated rings. The van der Waals surface area contributed by atoms with E-state index in [0.29, 0.717) is 5.30 Å². The first-order chi connectivity index (χ1) is 13.7. The van der Waals surface area contributed by atoms with Crippen LogP contribution in [0.1, 0.15) is 51.8 Å². The fourth-order valence-electron chi connectivity index (χ4n) is 2.81. The maximum Gasteiger partial charge on any atom is 0.408 e. The van der Waals surface area contributed by atoms with Gasteiger partial charge in [-0.2, -0.15) is 0 Å². The summed E-state index contributed by atoms with van der Waals surface area (Å²) in [5.74, 6) is 0. The highest BCUT2D eigenvalue weighted by Crippen LogP contribution is 2.46. The van der Waals surface area contributed by atoms with Crippen molar-refractivity contribution in [2.75, 3.05) is 13.2 Å². The number of hydrogen-bond donors (Lipinski definition) is 1. The first kappa shape index (κ1) is 23.1. The van der Waals surface area contributed by atoms with Crippen LogP contribution in [0.25, 0.3) is 0 Å². The van der Waals surface area contributed by atoms with Gasteiger partial charge >= 0.3 is 13.7 Å². The number of amides is 1. The second kappa shape index (κ2) is 10.1. The molecule has 0 aliphatic rings.